The predicted molar refractivity (Wildman–Crippen MR) is 114 cm³/mol. The molecule has 1 N–H and O–H groups in total. The third kappa shape index (κ3) is 4.24. The lowest BCUT2D eigenvalue weighted by Gasteiger charge is -2.18. The highest BCUT2D eigenvalue weighted by Crippen LogP contribution is 2.37. The fraction of sp³-hybridized carbons (Fsp3) is 0.650. The van der Waals surface area contributed by atoms with Gasteiger partial charge in [-0.15, -0.1) is 11.3 Å². The van der Waals surface area contributed by atoms with E-state index < -0.39 is 0 Å². The number of nitrogens with zero attached hydrogens (tertiary/aromatic N) is 2. The van der Waals surface area contributed by atoms with Crippen LogP contribution in [0.3, 0.4) is 0 Å². The average Bonchev–Trinajstić information content (AvgIpc) is 2.95. The summed E-state index contributed by atoms with van der Waals surface area (Å²) in [6.45, 7) is 11.5. The SMILES string of the molecule is CCNC(=O)[C@H](C)Sc1nc2sc3c(c2c(=O)n1CC(C)C)CC[C@@H](C)C3. The standard InChI is InChI=1S/C20H29N3O2S2/c1-6-21-17(24)13(5)26-20-22-18-16(19(25)23(20)10-11(2)3)14-8-7-12(4)9-15(14)27-18/h11-13H,6-10H2,1-5H3,(H,21,24)/t12-,13+/m1/s1. The number of carbonyl (C=O) groups is 1. The minimum Gasteiger partial charge on any atom is -0.355 e. The van der Waals surface area contributed by atoms with Crippen molar-refractivity contribution < 1.29 is 4.79 Å². The van der Waals surface area contributed by atoms with Crippen LogP contribution in [-0.4, -0.2) is 27.3 Å². The van der Waals surface area contributed by atoms with Crippen LogP contribution >= 0.6 is 23.1 Å². The Balaban J connectivity index is 2.09. The van der Waals surface area contributed by atoms with E-state index in [1.165, 1.54) is 22.2 Å². The van der Waals surface area contributed by atoms with Gasteiger partial charge in [0.25, 0.3) is 5.56 Å². The second-order valence-corrected chi connectivity index (χ2v) is 10.3. The molecule has 1 aliphatic rings. The zero-order chi connectivity index (χ0) is 19.7. The van der Waals surface area contributed by atoms with Crippen LogP contribution in [0.4, 0.5) is 0 Å². The molecule has 0 aliphatic heterocycles. The first-order chi connectivity index (χ1) is 12.8. The summed E-state index contributed by atoms with van der Waals surface area (Å²) in [5, 5.41) is 4.04. The van der Waals surface area contributed by atoms with Gasteiger partial charge in [-0.25, -0.2) is 4.98 Å². The van der Waals surface area contributed by atoms with Crippen LogP contribution < -0.4 is 10.9 Å². The third-order valence-corrected chi connectivity index (χ3v) is 7.17. The number of rotatable bonds is 6. The molecule has 27 heavy (non-hydrogen) atoms. The maximum Gasteiger partial charge on any atom is 0.263 e. The molecule has 1 amide bonds. The first kappa shape index (κ1) is 20.4. The van der Waals surface area contributed by atoms with E-state index in [1.54, 1.807) is 15.9 Å². The molecule has 5 nitrogen and oxygen atoms in total. The average molecular weight is 408 g/mol. The largest absolute Gasteiger partial charge is 0.355 e. The number of fused-ring (bicyclic) bond motifs is 3. The number of hydrogen-bond donors (Lipinski definition) is 1. The minimum absolute atomic E-state index is 0.0211. The van der Waals surface area contributed by atoms with Gasteiger partial charge in [0.1, 0.15) is 4.83 Å². The normalized spacial score (nSPS) is 17.9. The van der Waals surface area contributed by atoms with Crippen LogP contribution in [-0.2, 0) is 24.2 Å². The first-order valence-corrected chi connectivity index (χ1v) is 11.5. The van der Waals surface area contributed by atoms with Gasteiger partial charge >= 0.3 is 0 Å². The number of carbonyl (C=O) groups excluding carboxylic acids is 1. The Morgan fingerprint density at radius 1 is 1.41 bits per heavy atom. The predicted octanol–water partition coefficient (Wildman–Crippen LogP) is 3.86. The van der Waals surface area contributed by atoms with Gasteiger partial charge in [0.2, 0.25) is 5.91 Å². The van der Waals surface area contributed by atoms with Gasteiger partial charge < -0.3 is 5.32 Å². The van der Waals surface area contributed by atoms with E-state index in [9.17, 15) is 9.59 Å². The summed E-state index contributed by atoms with van der Waals surface area (Å²) < 4.78 is 1.79. The topological polar surface area (TPSA) is 64.0 Å². The van der Waals surface area contributed by atoms with E-state index in [-0.39, 0.29) is 16.7 Å². The van der Waals surface area contributed by atoms with Crippen molar-refractivity contribution in [3.63, 3.8) is 0 Å². The van der Waals surface area contributed by atoms with E-state index in [0.29, 0.717) is 30.1 Å². The Kier molecular flexibility index (Phi) is 6.31. The van der Waals surface area contributed by atoms with Gasteiger partial charge in [0.15, 0.2) is 5.16 Å². The van der Waals surface area contributed by atoms with Crippen molar-refractivity contribution >= 4 is 39.2 Å². The number of hydrogen-bond acceptors (Lipinski definition) is 5. The van der Waals surface area contributed by atoms with Gasteiger partial charge in [-0.2, -0.15) is 0 Å². The number of aryl methyl sites for hydroxylation is 1. The summed E-state index contributed by atoms with van der Waals surface area (Å²) >= 11 is 3.05. The number of aromatic nitrogens is 2. The molecular weight excluding hydrogens is 378 g/mol. The zero-order valence-electron chi connectivity index (χ0n) is 16.8. The second-order valence-electron chi connectivity index (χ2n) is 7.89. The van der Waals surface area contributed by atoms with Crippen molar-refractivity contribution in [3.05, 3.63) is 20.8 Å². The van der Waals surface area contributed by atoms with Crippen molar-refractivity contribution in [2.75, 3.05) is 6.54 Å². The highest BCUT2D eigenvalue weighted by molar-refractivity contribution is 8.00. The Hall–Kier alpha value is -1.34. The highest BCUT2D eigenvalue weighted by atomic mass is 32.2. The number of thioether (sulfide) groups is 1. The highest BCUT2D eigenvalue weighted by Gasteiger charge is 2.26. The van der Waals surface area contributed by atoms with Gasteiger partial charge in [-0.05, 0) is 50.5 Å². The van der Waals surface area contributed by atoms with Crippen molar-refractivity contribution in [3.8, 4) is 0 Å². The van der Waals surface area contributed by atoms with Gasteiger partial charge in [0.05, 0.1) is 10.6 Å². The maximum absolute atomic E-state index is 13.4. The monoisotopic (exact) mass is 407 g/mol. The second kappa shape index (κ2) is 8.35. The number of thiophene rings is 1. The molecule has 3 rings (SSSR count). The minimum atomic E-state index is -0.290. The molecule has 148 valence electrons. The van der Waals surface area contributed by atoms with Crippen LogP contribution in [0.25, 0.3) is 10.2 Å². The van der Waals surface area contributed by atoms with E-state index >= 15 is 0 Å². The summed E-state index contributed by atoms with van der Waals surface area (Å²) in [6.07, 6.45) is 3.14. The molecule has 0 saturated carbocycles. The van der Waals surface area contributed by atoms with Gasteiger partial charge in [0, 0.05) is 18.0 Å². The molecule has 0 saturated heterocycles. The van der Waals surface area contributed by atoms with Crippen molar-refractivity contribution in [2.45, 2.75) is 70.8 Å². The quantitative estimate of drug-likeness (QED) is 0.583. The lowest BCUT2D eigenvalue weighted by atomic mass is 9.89. The summed E-state index contributed by atoms with van der Waals surface area (Å²) in [7, 11) is 0. The molecule has 0 radical (unpaired) electrons. The van der Waals surface area contributed by atoms with Gasteiger partial charge in [-0.3, -0.25) is 14.2 Å². The fourth-order valence-corrected chi connectivity index (χ4v) is 5.92. The van der Waals surface area contributed by atoms with Crippen LogP contribution in [0.2, 0.25) is 0 Å². The first-order valence-electron chi connectivity index (χ1n) is 9.81. The Morgan fingerprint density at radius 2 is 2.15 bits per heavy atom. The molecular formula is C20H29N3O2S2. The Labute approximate surface area is 169 Å². The third-order valence-electron chi connectivity index (χ3n) is 4.93. The molecule has 0 spiro atoms. The number of nitrogens with one attached hydrogen (secondary N) is 1. The van der Waals surface area contributed by atoms with E-state index in [0.717, 1.165) is 29.5 Å². The Bertz CT molecular complexity index is 901. The van der Waals surface area contributed by atoms with Gasteiger partial charge in [-0.1, -0.05) is 32.5 Å². The molecule has 2 atom stereocenters. The molecule has 0 bridgehead atoms. The van der Waals surface area contributed by atoms with Crippen LogP contribution in [0, 0.1) is 11.8 Å². The number of amides is 1. The molecule has 7 heteroatoms. The molecule has 1 aliphatic carbocycles. The molecule has 2 aromatic heterocycles. The van der Waals surface area contributed by atoms with Crippen molar-refractivity contribution in [2.24, 2.45) is 11.8 Å². The maximum atomic E-state index is 13.4. The molecule has 0 unspecified atom stereocenters. The summed E-state index contributed by atoms with van der Waals surface area (Å²) in [5.74, 6) is 0.970. The molecule has 0 aromatic carbocycles. The van der Waals surface area contributed by atoms with E-state index in [1.807, 2.05) is 13.8 Å². The van der Waals surface area contributed by atoms with Crippen LogP contribution in [0.1, 0.15) is 51.5 Å². The lowest BCUT2D eigenvalue weighted by Crippen LogP contribution is -2.32. The smallest absolute Gasteiger partial charge is 0.263 e. The van der Waals surface area contributed by atoms with E-state index in [4.69, 9.17) is 4.98 Å². The molecule has 2 aromatic rings. The van der Waals surface area contributed by atoms with E-state index in [2.05, 4.69) is 26.1 Å². The van der Waals surface area contributed by atoms with Crippen LogP contribution in [0.5, 0.6) is 0 Å². The summed E-state index contributed by atoms with van der Waals surface area (Å²) in [4.78, 5) is 32.6. The van der Waals surface area contributed by atoms with Crippen molar-refractivity contribution in [1.82, 2.24) is 14.9 Å². The zero-order valence-corrected chi connectivity index (χ0v) is 18.4. The van der Waals surface area contributed by atoms with Crippen LogP contribution in [0.15, 0.2) is 9.95 Å². The summed E-state index contributed by atoms with van der Waals surface area (Å²) in [6, 6.07) is 0. The van der Waals surface area contributed by atoms with Crippen molar-refractivity contribution in [1.29, 1.82) is 0 Å². The fourth-order valence-electron chi connectivity index (χ4n) is 3.55. The molecule has 2 heterocycles. The summed E-state index contributed by atoms with van der Waals surface area (Å²) in [5.41, 5.74) is 1.28. The Morgan fingerprint density at radius 3 is 2.81 bits per heavy atom. The molecule has 0 fully saturated rings. The lowest BCUT2D eigenvalue weighted by molar-refractivity contribution is -0.120.